The van der Waals surface area contributed by atoms with Gasteiger partial charge in [-0.1, -0.05) is 18.2 Å². The van der Waals surface area contributed by atoms with Gasteiger partial charge in [-0.3, -0.25) is 0 Å². The van der Waals surface area contributed by atoms with Crippen LogP contribution in [0.2, 0.25) is 0 Å². The van der Waals surface area contributed by atoms with E-state index in [0.29, 0.717) is 12.2 Å². The molecule has 7 nitrogen and oxygen atoms in total. The third-order valence-corrected chi connectivity index (χ3v) is 4.09. The number of nitrogens with two attached hydrogens (primary N) is 1. The molecule has 0 radical (unpaired) electrons. The molecule has 2 rings (SSSR count). The summed E-state index contributed by atoms with van der Waals surface area (Å²) in [4.78, 5) is 11.4. The van der Waals surface area contributed by atoms with E-state index in [2.05, 4.69) is 10.6 Å². The number of hydrogen-bond donors (Lipinski definition) is 3. The van der Waals surface area contributed by atoms with Gasteiger partial charge in [-0.25, -0.2) is 4.79 Å². The lowest BCUT2D eigenvalue weighted by molar-refractivity contribution is 0.252. The van der Waals surface area contributed by atoms with Crippen LogP contribution in [0.3, 0.4) is 0 Å². The second-order valence-corrected chi connectivity index (χ2v) is 6.13. The highest BCUT2D eigenvalue weighted by molar-refractivity contribution is 7.87. The van der Waals surface area contributed by atoms with Gasteiger partial charge >= 0.3 is 16.1 Å². The van der Waals surface area contributed by atoms with E-state index in [0.717, 1.165) is 0 Å². The smallest absolute Gasteiger partial charge is 0.339 e. The SMILES string of the molecule is CCNC(=O)Nc1ccc(S(=O)(=O)Oc2ccccc2)cc1N. The number of carbonyl (C=O) groups excluding carboxylic acids is 1. The van der Waals surface area contributed by atoms with E-state index in [1.54, 1.807) is 25.1 Å². The van der Waals surface area contributed by atoms with Gasteiger partial charge in [0.05, 0.1) is 11.4 Å². The predicted molar refractivity (Wildman–Crippen MR) is 87.8 cm³/mol. The van der Waals surface area contributed by atoms with Crippen molar-refractivity contribution >= 4 is 27.5 Å². The Balaban J connectivity index is 2.20. The summed E-state index contributed by atoms with van der Waals surface area (Å²) in [6.45, 7) is 2.24. The molecule has 0 aliphatic rings. The van der Waals surface area contributed by atoms with Crippen molar-refractivity contribution in [1.29, 1.82) is 0 Å². The van der Waals surface area contributed by atoms with Crippen LogP contribution in [0.15, 0.2) is 53.4 Å². The highest BCUT2D eigenvalue weighted by Gasteiger charge is 2.18. The maximum atomic E-state index is 12.2. The number of nitrogens with one attached hydrogen (secondary N) is 2. The molecule has 0 unspecified atom stereocenters. The Labute approximate surface area is 134 Å². The lowest BCUT2D eigenvalue weighted by Gasteiger charge is -2.11. The van der Waals surface area contributed by atoms with Gasteiger partial charge in [0.2, 0.25) is 0 Å². The number of anilines is 2. The van der Waals surface area contributed by atoms with Crippen molar-refractivity contribution in [3.05, 3.63) is 48.5 Å². The fourth-order valence-corrected chi connectivity index (χ4v) is 2.75. The predicted octanol–water partition coefficient (Wildman–Crippen LogP) is 2.18. The molecule has 122 valence electrons. The number of urea groups is 1. The Morgan fingerprint density at radius 1 is 1.17 bits per heavy atom. The summed E-state index contributed by atoms with van der Waals surface area (Å²) < 4.78 is 29.4. The third kappa shape index (κ3) is 4.36. The molecule has 0 atom stereocenters. The Morgan fingerprint density at radius 2 is 1.87 bits per heavy atom. The number of amides is 2. The zero-order chi connectivity index (χ0) is 16.9. The summed E-state index contributed by atoms with van der Waals surface area (Å²) >= 11 is 0. The highest BCUT2D eigenvalue weighted by atomic mass is 32.2. The molecular weight excluding hydrogens is 318 g/mol. The second-order valence-electron chi connectivity index (χ2n) is 4.58. The van der Waals surface area contributed by atoms with Gasteiger partial charge in [-0.2, -0.15) is 8.42 Å². The van der Waals surface area contributed by atoms with Crippen LogP contribution in [0.4, 0.5) is 16.2 Å². The van der Waals surface area contributed by atoms with E-state index < -0.39 is 16.1 Å². The minimum Gasteiger partial charge on any atom is -0.397 e. The van der Waals surface area contributed by atoms with E-state index in [-0.39, 0.29) is 16.3 Å². The Bertz CT molecular complexity index is 792. The molecule has 0 spiro atoms. The molecule has 8 heteroatoms. The molecule has 0 bridgehead atoms. The number of benzene rings is 2. The fourth-order valence-electron chi connectivity index (χ4n) is 1.79. The number of nitrogen functional groups attached to an aromatic ring is 1. The highest BCUT2D eigenvalue weighted by Crippen LogP contribution is 2.25. The van der Waals surface area contributed by atoms with Crippen LogP contribution in [0.5, 0.6) is 5.75 Å². The van der Waals surface area contributed by atoms with Gasteiger partial charge in [0, 0.05) is 6.54 Å². The maximum absolute atomic E-state index is 12.2. The van der Waals surface area contributed by atoms with Gasteiger partial charge in [0.25, 0.3) is 0 Å². The van der Waals surface area contributed by atoms with Gasteiger partial charge < -0.3 is 20.6 Å². The normalized spacial score (nSPS) is 10.8. The molecule has 0 heterocycles. The number of carbonyl (C=O) groups is 1. The van der Waals surface area contributed by atoms with Crippen molar-refractivity contribution in [2.75, 3.05) is 17.6 Å². The molecule has 0 aromatic heterocycles. The van der Waals surface area contributed by atoms with Crippen LogP contribution in [0.1, 0.15) is 6.92 Å². The average molecular weight is 335 g/mol. The van der Waals surface area contributed by atoms with Crippen LogP contribution < -0.4 is 20.6 Å². The Morgan fingerprint density at radius 3 is 2.48 bits per heavy atom. The Hall–Kier alpha value is -2.74. The first-order chi connectivity index (χ1) is 10.9. The molecule has 0 aliphatic heterocycles. The van der Waals surface area contributed by atoms with Crippen LogP contribution >= 0.6 is 0 Å². The van der Waals surface area contributed by atoms with Crippen LogP contribution in [0.25, 0.3) is 0 Å². The standard InChI is InChI=1S/C15H17N3O4S/c1-2-17-15(19)18-14-9-8-12(10-13(14)16)23(20,21)22-11-6-4-3-5-7-11/h3-10H,2,16H2,1H3,(H2,17,18,19). The molecule has 0 aliphatic carbocycles. The molecule has 23 heavy (non-hydrogen) atoms. The van der Waals surface area contributed by atoms with Gasteiger partial charge in [-0.15, -0.1) is 0 Å². The Kier molecular flexibility index (Phi) is 5.07. The van der Waals surface area contributed by atoms with Crippen molar-refractivity contribution in [2.45, 2.75) is 11.8 Å². The number of hydrogen-bond acceptors (Lipinski definition) is 5. The molecule has 2 amide bonds. The van der Waals surface area contributed by atoms with Gasteiger partial charge in [0.1, 0.15) is 10.6 Å². The average Bonchev–Trinajstić information content (AvgIpc) is 2.50. The molecule has 0 saturated carbocycles. The molecule has 2 aromatic carbocycles. The minimum absolute atomic E-state index is 0.0969. The molecule has 0 fully saturated rings. The first-order valence-corrected chi connectivity index (χ1v) is 8.27. The second kappa shape index (κ2) is 7.01. The van der Waals surface area contributed by atoms with Crippen LogP contribution in [-0.4, -0.2) is 21.0 Å². The maximum Gasteiger partial charge on any atom is 0.339 e. The number of rotatable bonds is 5. The summed E-state index contributed by atoms with van der Waals surface area (Å²) in [6.07, 6.45) is 0. The lowest BCUT2D eigenvalue weighted by Crippen LogP contribution is -2.28. The first kappa shape index (κ1) is 16.6. The summed E-state index contributed by atoms with van der Waals surface area (Å²) in [6, 6.07) is 11.7. The van der Waals surface area contributed by atoms with E-state index >= 15 is 0 Å². The van der Waals surface area contributed by atoms with Crippen LogP contribution in [0, 0.1) is 0 Å². The van der Waals surface area contributed by atoms with Crippen molar-refractivity contribution < 1.29 is 17.4 Å². The molecule has 4 N–H and O–H groups in total. The third-order valence-electron chi connectivity index (χ3n) is 2.85. The molecular formula is C15H17N3O4S. The molecule has 2 aromatic rings. The summed E-state index contributed by atoms with van der Waals surface area (Å²) in [5.41, 5.74) is 6.23. The van der Waals surface area contributed by atoms with Crippen molar-refractivity contribution in [3.63, 3.8) is 0 Å². The van der Waals surface area contributed by atoms with E-state index in [1.165, 1.54) is 30.3 Å². The van der Waals surface area contributed by atoms with Crippen molar-refractivity contribution in [3.8, 4) is 5.75 Å². The lowest BCUT2D eigenvalue weighted by atomic mass is 10.3. The minimum atomic E-state index is -4.00. The quantitative estimate of drug-likeness (QED) is 0.573. The zero-order valence-corrected chi connectivity index (χ0v) is 13.3. The summed E-state index contributed by atoms with van der Waals surface area (Å²) in [7, 11) is -4.00. The zero-order valence-electron chi connectivity index (χ0n) is 12.4. The van der Waals surface area contributed by atoms with E-state index in [9.17, 15) is 13.2 Å². The molecule has 0 saturated heterocycles. The van der Waals surface area contributed by atoms with Crippen molar-refractivity contribution in [1.82, 2.24) is 5.32 Å². The van der Waals surface area contributed by atoms with Gasteiger partial charge in [0.15, 0.2) is 0 Å². The van der Waals surface area contributed by atoms with Crippen molar-refractivity contribution in [2.24, 2.45) is 0 Å². The van der Waals surface area contributed by atoms with E-state index in [1.807, 2.05) is 0 Å². The summed E-state index contributed by atoms with van der Waals surface area (Å²) in [5.74, 6) is 0.204. The van der Waals surface area contributed by atoms with E-state index in [4.69, 9.17) is 9.92 Å². The monoisotopic (exact) mass is 335 g/mol. The summed E-state index contributed by atoms with van der Waals surface area (Å²) in [5, 5.41) is 5.08. The first-order valence-electron chi connectivity index (χ1n) is 6.86. The van der Waals surface area contributed by atoms with Crippen LogP contribution in [-0.2, 0) is 10.1 Å². The van der Waals surface area contributed by atoms with Gasteiger partial charge in [-0.05, 0) is 37.3 Å². The largest absolute Gasteiger partial charge is 0.397 e. The number of para-hydroxylation sites is 1. The topological polar surface area (TPSA) is 111 Å². The fraction of sp³-hybridized carbons (Fsp3) is 0.133.